The van der Waals surface area contributed by atoms with Crippen LogP contribution < -0.4 is 10.1 Å². The van der Waals surface area contributed by atoms with Crippen molar-refractivity contribution >= 4 is 23.2 Å². The summed E-state index contributed by atoms with van der Waals surface area (Å²) in [5.41, 5.74) is 1.65. The first-order chi connectivity index (χ1) is 10.1. The van der Waals surface area contributed by atoms with E-state index in [0.29, 0.717) is 22.3 Å². The summed E-state index contributed by atoms with van der Waals surface area (Å²) in [6.07, 6.45) is 0. The van der Waals surface area contributed by atoms with Gasteiger partial charge in [0.25, 0.3) is 0 Å². The van der Waals surface area contributed by atoms with Crippen LogP contribution in [0.3, 0.4) is 0 Å². The summed E-state index contributed by atoms with van der Waals surface area (Å²) in [6.45, 7) is 3.69. The summed E-state index contributed by atoms with van der Waals surface area (Å²) < 4.78 is 19.2. The lowest BCUT2D eigenvalue weighted by molar-refractivity contribution is 0.304. The van der Waals surface area contributed by atoms with Crippen molar-refractivity contribution in [1.29, 1.82) is 0 Å². The summed E-state index contributed by atoms with van der Waals surface area (Å²) in [6, 6.07) is 9.86. The number of rotatable bonds is 6. The Hall–Kier alpha value is -1.29. The molecular weight excluding hydrogens is 312 g/mol. The van der Waals surface area contributed by atoms with Gasteiger partial charge in [0.1, 0.15) is 18.2 Å². The molecule has 0 amide bonds. The van der Waals surface area contributed by atoms with Crippen LogP contribution in [-0.2, 0) is 13.2 Å². The molecule has 0 aliphatic heterocycles. The van der Waals surface area contributed by atoms with Crippen molar-refractivity contribution in [3.05, 3.63) is 63.4 Å². The molecule has 2 aromatic rings. The van der Waals surface area contributed by atoms with Crippen molar-refractivity contribution in [2.45, 2.75) is 20.1 Å². The molecule has 0 heterocycles. The van der Waals surface area contributed by atoms with Crippen molar-refractivity contribution in [3.63, 3.8) is 0 Å². The maximum atomic E-state index is 13.6. The largest absolute Gasteiger partial charge is 0.489 e. The molecule has 1 N–H and O–H groups in total. The molecule has 21 heavy (non-hydrogen) atoms. The average Bonchev–Trinajstić information content (AvgIpc) is 2.43. The van der Waals surface area contributed by atoms with Gasteiger partial charge in [-0.1, -0.05) is 36.2 Å². The second kappa shape index (κ2) is 7.64. The number of benzene rings is 2. The van der Waals surface area contributed by atoms with Crippen LogP contribution in [0.2, 0.25) is 10.0 Å². The zero-order chi connectivity index (χ0) is 15.2. The lowest BCUT2D eigenvalue weighted by atomic mass is 10.2. The van der Waals surface area contributed by atoms with Crippen LogP contribution >= 0.6 is 23.2 Å². The highest BCUT2D eigenvalue weighted by Gasteiger charge is 2.05. The van der Waals surface area contributed by atoms with E-state index in [9.17, 15) is 4.39 Å². The van der Waals surface area contributed by atoms with Gasteiger partial charge < -0.3 is 10.1 Å². The maximum Gasteiger partial charge on any atom is 0.127 e. The van der Waals surface area contributed by atoms with Gasteiger partial charge in [-0.3, -0.25) is 0 Å². The third-order valence-corrected chi connectivity index (χ3v) is 3.51. The quantitative estimate of drug-likeness (QED) is 0.821. The number of nitrogens with one attached hydrogen (secondary N) is 1. The molecule has 0 aliphatic rings. The molecule has 2 rings (SSSR count). The third-order valence-electron chi connectivity index (χ3n) is 2.92. The summed E-state index contributed by atoms with van der Waals surface area (Å²) in [7, 11) is 0. The van der Waals surface area contributed by atoms with Gasteiger partial charge in [0.2, 0.25) is 0 Å². The van der Waals surface area contributed by atoms with E-state index in [4.69, 9.17) is 27.9 Å². The van der Waals surface area contributed by atoms with Gasteiger partial charge in [-0.15, -0.1) is 0 Å². The summed E-state index contributed by atoms with van der Waals surface area (Å²) >= 11 is 11.9. The molecule has 0 aliphatic carbocycles. The molecule has 0 radical (unpaired) electrons. The Kier molecular flexibility index (Phi) is 5.85. The van der Waals surface area contributed by atoms with Crippen molar-refractivity contribution in [1.82, 2.24) is 5.32 Å². The Labute approximate surface area is 133 Å². The summed E-state index contributed by atoms with van der Waals surface area (Å²) in [4.78, 5) is 0. The number of ether oxygens (including phenoxy) is 1. The smallest absolute Gasteiger partial charge is 0.127 e. The van der Waals surface area contributed by atoms with Gasteiger partial charge >= 0.3 is 0 Å². The predicted octanol–water partition coefficient (Wildman–Crippen LogP) is 4.82. The monoisotopic (exact) mass is 327 g/mol. The van der Waals surface area contributed by atoms with Gasteiger partial charge in [0.05, 0.1) is 0 Å². The highest BCUT2D eigenvalue weighted by molar-refractivity contribution is 6.35. The predicted molar refractivity (Wildman–Crippen MR) is 84.6 cm³/mol. The van der Waals surface area contributed by atoms with E-state index in [-0.39, 0.29) is 12.4 Å². The van der Waals surface area contributed by atoms with Gasteiger partial charge in [-0.2, -0.15) is 0 Å². The van der Waals surface area contributed by atoms with Gasteiger partial charge in [0, 0.05) is 28.2 Å². The van der Waals surface area contributed by atoms with E-state index >= 15 is 0 Å². The minimum Gasteiger partial charge on any atom is -0.489 e. The number of halogens is 3. The third kappa shape index (κ3) is 4.88. The van der Waals surface area contributed by atoms with E-state index in [0.717, 1.165) is 17.7 Å². The van der Waals surface area contributed by atoms with Crippen LogP contribution in [0, 0.1) is 5.82 Å². The lowest BCUT2D eigenvalue weighted by Crippen LogP contribution is -2.12. The van der Waals surface area contributed by atoms with Crippen LogP contribution in [0.5, 0.6) is 5.75 Å². The van der Waals surface area contributed by atoms with E-state index in [1.165, 1.54) is 12.1 Å². The topological polar surface area (TPSA) is 21.3 Å². The van der Waals surface area contributed by atoms with E-state index in [2.05, 4.69) is 5.32 Å². The SMILES string of the molecule is CCNCc1cc(F)cc(OCc2ccc(Cl)cc2Cl)c1. The van der Waals surface area contributed by atoms with Gasteiger partial charge in [-0.25, -0.2) is 4.39 Å². The molecule has 0 spiro atoms. The van der Waals surface area contributed by atoms with Crippen molar-refractivity contribution in [2.75, 3.05) is 6.54 Å². The van der Waals surface area contributed by atoms with E-state index in [1.807, 2.05) is 13.0 Å². The van der Waals surface area contributed by atoms with Crippen LogP contribution in [0.15, 0.2) is 36.4 Å². The molecular formula is C16H16Cl2FNO. The molecule has 112 valence electrons. The Balaban J connectivity index is 2.07. The van der Waals surface area contributed by atoms with Crippen molar-refractivity contribution in [3.8, 4) is 5.75 Å². The Morgan fingerprint density at radius 1 is 1.14 bits per heavy atom. The molecule has 5 heteroatoms. The summed E-state index contributed by atoms with van der Waals surface area (Å²) in [5, 5.41) is 4.26. The van der Waals surface area contributed by atoms with Gasteiger partial charge in [-0.05, 0) is 36.4 Å². The van der Waals surface area contributed by atoms with Gasteiger partial charge in [0.15, 0.2) is 0 Å². The molecule has 0 fully saturated rings. The highest BCUT2D eigenvalue weighted by atomic mass is 35.5. The number of hydrogen-bond donors (Lipinski definition) is 1. The number of hydrogen-bond acceptors (Lipinski definition) is 2. The van der Waals surface area contributed by atoms with Crippen molar-refractivity contribution in [2.24, 2.45) is 0 Å². The fourth-order valence-electron chi connectivity index (χ4n) is 1.88. The molecule has 2 nitrogen and oxygen atoms in total. The lowest BCUT2D eigenvalue weighted by Gasteiger charge is -2.10. The van der Waals surface area contributed by atoms with Crippen molar-refractivity contribution < 1.29 is 9.13 Å². The van der Waals surface area contributed by atoms with Crippen LogP contribution in [-0.4, -0.2) is 6.54 Å². The Morgan fingerprint density at radius 3 is 2.67 bits per heavy atom. The van der Waals surface area contributed by atoms with E-state index in [1.54, 1.807) is 18.2 Å². The maximum absolute atomic E-state index is 13.6. The first kappa shape index (κ1) is 16.1. The minimum absolute atomic E-state index is 0.264. The molecule has 0 bridgehead atoms. The normalized spacial score (nSPS) is 10.7. The zero-order valence-electron chi connectivity index (χ0n) is 11.6. The minimum atomic E-state index is -0.317. The first-order valence-electron chi connectivity index (χ1n) is 6.65. The average molecular weight is 328 g/mol. The molecule has 0 aromatic heterocycles. The zero-order valence-corrected chi connectivity index (χ0v) is 13.1. The standard InChI is InChI=1S/C16H16Cl2FNO/c1-2-20-9-11-5-14(19)8-15(6-11)21-10-12-3-4-13(17)7-16(12)18/h3-8,20H,2,9-10H2,1H3. The summed E-state index contributed by atoms with van der Waals surface area (Å²) in [5.74, 6) is 0.163. The van der Waals surface area contributed by atoms with Crippen LogP contribution in [0.25, 0.3) is 0 Å². The van der Waals surface area contributed by atoms with Crippen LogP contribution in [0.4, 0.5) is 4.39 Å². The molecule has 0 unspecified atom stereocenters. The Morgan fingerprint density at radius 2 is 1.95 bits per heavy atom. The highest BCUT2D eigenvalue weighted by Crippen LogP contribution is 2.23. The second-order valence-corrected chi connectivity index (χ2v) is 5.44. The molecule has 0 atom stereocenters. The van der Waals surface area contributed by atoms with E-state index < -0.39 is 0 Å². The molecule has 0 saturated carbocycles. The molecule has 2 aromatic carbocycles. The Bertz CT molecular complexity index is 619. The fourth-order valence-corrected chi connectivity index (χ4v) is 2.34. The fraction of sp³-hybridized carbons (Fsp3) is 0.250. The van der Waals surface area contributed by atoms with Crippen LogP contribution in [0.1, 0.15) is 18.1 Å². The second-order valence-electron chi connectivity index (χ2n) is 4.60. The first-order valence-corrected chi connectivity index (χ1v) is 7.41. The molecule has 0 saturated heterocycles.